The van der Waals surface area contributed by atoms with Crippen LogP contribution in [0.25, 0.3) is 0 Å². The van der Waals surface area contributed by atoms with Crippen molar-refractivity contribution in [3.8, 4) is 5.75 Å². The highest BCUT2D eigenvalue weighted by Crippen LogP contribution is 2.26. The zero-order valence-corrected chi connectivity index (χ0v) is 10.0. The molecular weight excluding hydrogens is 216 g/mol. The number of nitrogens with two attached hydrogens (primary N) is 1. The van der Waals surface area contributed by atoms with E-state index in [1.54, 1.807) is 24.1 Å². The molecule has 0 heterocycles. The molecule has 2 rings (SSSR count). The van der Waals surface area contributed by atoms with E-state index in [1.807, 2.05) is 18.2 Å². The molecule has 0 saturated heterocycles. The van der Waals surface area contributed by atoms with E-state index >= 15 is 0 Å². The molecule has 92 valence electrons. The van der Waals surface area contributed by atoms with Gasteiger partial charge in [0.05, 0.1) is 0 Å². The molecule has 0 spiro atoms. The lowest BCUT2D eigenvalue weighted by molar-refractivity contribution is 0.138. The Morgan fingerprint density at radius 2 is 2.06 bits per heavy atom. The number of benzene rings is 1. The van der Waals surface area contributed by atoms with E-state index in [2.05, 4.69) is 0 Å². The summed E-state index contributed by atoms with van der Waals surface area (Å²) in [5.41, 5.74) is 5.71. The van der Waals surface area contributed by atoms with Gasteiger partial charge in [-0.2, -0.15) is 0 Å². The van der Waals surface area contributed by atoms with Crippen LogP contribution in [-0.4, -0.2) is 30.6 Å². The smallest absolute Gasteiger partial charge is 0.410 e. The Bertz CT molecular complexity index is 374. The molecule has 0 aromatic heterocycles. The number of carbonyl (C=O) groups excluding carboxylic acids is 1. The predicted molar refractivity (Wildman–Crippen MR) is 65.8 cm³/mol. The number of hydrogen-bond donors (Lipinski definition) is 1. The van der Waals surface area contributed by atoms with Crippen LogP contribution in [0.2, 0.25) is 0 Å². The molecule has 0 radical (unpaired) electrons. The fourth-order valence-corrected chi connectivity index (χ4v) is 2.07. The summed E-state index contributed by atoms with van der Waals surface area (Å²) in [7, 11) is 1.76. The summed E-state index contributed by atoms with van der Waals surface area (Å²) < 4.78 is 5.23. The predicted octanol–water partition coefficient (Wildman–Crippen LogP) is 1.85. The van der Waals surface area contributed by atoms with Gasteiger partial charge in [-0.05, 0) is 30.9 Å². The van der Waals surface area contributed by atoms with Crippen molar-refractivity contribution >= 4 is 6.09 Å². The fourth-order valence-electron chi connectivity index (χ4n) is 2.07. The third-order valence-electron chi connectivity index (χ3n) is 3.06. The van der Waals surface area contributed by atoms with E-state index in [0.29, 0.717) is 17.7 Å². The van der Waals surface area contributed by atoms with Gasteiger partial charge in [0.1, 0.15) is 5.75 Å². The first-order valence-corrected chi connectivity index (χ1v) is 5.88. The highest BCUT2D eigenvalue weighted by Gasteiger charge is 2.28. The van der Waals surface area contributed by atoms with Crippen LogP contribution >= 0.6 is 0 Å². The largest absolute Gasteiger partial charge is 0.414 e. The van der Waals surface area contributed by atoms with Gasteiger partial charge in [-0.1, -0.05) is 18.2 Å². The number of rotatable bonds is 3. The van der Waals surface area contributed by atoms with Gasteiger partial charge < -0.3 is 15.4 Å². The molecule has 17 heavy (non-hydrogen) atoms. The first-order chi connectivity index (χ1) is 8.15. The molecule has 0 bridgehead atoms. The molecular formula is C13H18N2O2. The quantitative estimate of drug-likeness (QED) is 0.868. The van der Waals surface area contributed by atoms with Crippen molar-refractivity contribution in [1.82, 2.24) is 4.90 Å². The first-order valence-electron chi connectivity index (χ1n) is 5.88. The summed E-state index contributed by atoms with van der Waals surface area (Å²) in [5, 5.41) is 0. The highest BCUT2D eigenvalue weighted by atomic mass is 16.6. The molecule has 4 nitrogen and oxygen atoms in total. The van der Waals surface area contributed by atoms with Crippen molar-refractivity contribution < 1.29 is 9.53 Å². The Morgan fingerprint density at radius 3 is 2.65 bits per heavy atom. The van der Waals surface area contributed by atoms with Crippen LogP contribution in [0.3, 0.4) is 0 Å². The van der Waals surface area contributed by atoms with Crippen molar-refractivity contribution in [2.24, 2.45) is 11.7 Å². The molecule has 1 aliphatic rings. The number of hydrogen-bond acceptors (Lipinski definition) is 3. The molecule has 1 fully saturated rings. The van der Waals surface area contributed by atoms with Gasteiger partial charge in [0, 0.05) is 19.6 Å². The molecule has 1 saturated carbocycles. The second kappa shape index (κ2) is 5.19. The molecule has 2 N–H and O–H groups in total. The first kappa shape index (κ1) is 11.9. The second-order valence-electron chi connectivity index (χ2n) is 4.66. The van der Waals surface area contributed by atoms with Crippen molar-refractivity contribution in [2.75, 3.05) is 13.6 Å². The molecule has 0 aliphatic heterocycles. The van der Waals surface area contributed by atoms with Crippen LogP contribution in [0.4, 0.5) is 4.79 Å². The minimum Gasteiger partial charge on any atom is -0.410 e. The van der Waals surface area contributed by atoms with Crippen LogP contribution in [0.1, 0.15) is 12.8 Å². The van der Waals surface area contributed by atoms with Crippen LogP contribution in [0, 0.1) is 5.92 Å². The van der Waals surface area contributed by atoms with Gasteiger partial charge in [-0.3, -0.25) is 0 Å². The standard InChI is InChI=1S/C13H18N2O2/c1-15(9-10-7-11(14)8-10)13(16)17-12-5-3-2-4-6-12/h2-6,10-11H,7-9,14H2,1H3. The number of carbonyl (C=O) groups is 1. The fraction of sp³-hybridized carbons (Fsp3) is 0.462. The Labute approximate surface area is 101 Å². The number of para-hydroxylation sites is 1. The zero-order chi connectivity index (χ0) is 12.3. The normalized spacial score (nSPS) is 22.7. The lowest BCUT2D eigenvalue weighted by Crippen LogP contribution is -2.43. The average Bonchev–Trinajstić information content (AvgIpc) is 2.28. The van der Waals surface area contributed by atoms with Gasteiger partial charge in [0.2, 0.25) is 0 Å². The van der Waals surface area contributed by atoms with E-state index in [4.69, 9.17) is 10.5 Å². The maximum atomic E-state index is 11.7. The summed E-state index contributed by atoms with van der Waals surface area (Å²) in [6.45, 7) is 0.722. The molecule has 1 aliphatic carbocycles. The van der Waals surface area contributed by atoms with Crippen LogP contribution in [-0.2, 0) is 0 Å². The summed E-state index contributed by atoms with van der Waals surface area (Å²) >= 11 is 0. The number of amides is 1. The molecule has 4 heteroatoms. The third kappa shape index (κ3) is 3.20. The number of nitrogens with zero attached hydrogens (tertiary/aromatic N) is 1. The Morgan fingerprint density at radius 1 is 1.41 bits per heavy atom. The van der Waals surface area contributed by atoms with Crippen LogP contribution < -0.4 is 10.5 Å². The van der Waals surface area contributed by atoms with E-state index in [9.17, 15) is 4.79 Å². The Hall–Kier alpha value is -1.55. The van der Waals surface area contributed by atoms with Gasteiger partial charge in [0.25, 0.3) is 0 Å². The van der Waals surface area contributed by atoms with Gasteiger partial charge in [0.15, 0.2) is 0 Å². The topological polar surface area (TPSA) is 55.6 Å². The second-order valence-corrected chi connectivity index (χ2v) is 4.66. The number of ether oxygens (including phenoxy) is 1. The van der Waals surface area contributed by atoms with E-state index in [1.165, 1.54) is 0 Å². The van der Waals surface area contributed by atoms with Crippen molar-refractivity contribution in [1.29, 1.82) is 0 Å². The maximum Gasteiger partial charge on any atom is 0.414 e. The van der Waals surface area contributed by atoms with E-state index in [-0.39, 0.29) is 6.09 Å². The molecule has 1 aromatic rings. The average molecular weight is 234 g/mol. The SMILES string of the molecule is CN(CC1CC(N)C1)C(=O)Oc1ccccc1. The molecule has 0 unspecified atom stereocenters. The Balaban J connectivity index is 1.79. The van der Waals surface area contributed by atoms with Crippen molar-refractivity contribution in [3.05, 3.63) is 30.3 Å². The summed E-state index contributed by atoms with van der Waals surface area (Å²) in [6.07, 6.45) is 1.70. The van der Waals surface area contributed by atoms with Gasteiger partial charge in [-0.15, -0.1) is 0 Å². The van der Waals surface area contributed by atoms with Gasteiger partial charge >= 0.3 is 6.09 Å². The minimum absolute atomic E-state index is 0.309. The van der Waals surface area contributed by atoms with E-state index in [0.717, 1.165) is 19.4 Å². The monoisotopic (exact) mass is 234 g/mol. The Kier molecular flexibility index (Phi) is 3.64. The van der Waals surface area contributed by atoms with Crippen LogP contribution in [0.15, 0.2) is 30.3 Å². The lowest BCUT2D eigenvalue weighted by atomic mass is 9.81. The third-order valence-corrected chi connectivity index (χ3v) is 3.06. The molecule has 1 amide bonds. The van der Waals surface area contributed by atoms with Gasteiger partial charge in [-0.25, -0.2) is 4.79 Å². The molecule has 0 atom stereocenters. The molecule has 1 aromatic carbocycles. The maximum absolute atomic E-state index is 11.7. The highest BCUT2D eigenvalue weighted by molar-refractivity contribution is 5.70. The summed E-state index contributed by atoms with van der Waals surface area (Å²) in [5.74, 6) is 1.10. The van der Waals surface area contributed by atoms with Crippen molar-refractivity contribution in [2.45, 2.75) is 18.9 Å². The zero-order valence-electron chi connectivity index (χ0n) is 10.0. The minimum atomic E-state index is -0.309. The summed E-state index contributed by atoms with van der Waals surface area (Å²) in [6, 6.07) is 9.42. The summed E-state index contributed by atoms with van der Waals surface area (Å²) in [4.78, 5) is 13.4. The van der Waals surface area contributed by atoms with E-state index < -0.39 is 0 Å². The van der Waals surface area contributed by atoms with Crippen LogP contribution in [0.5, 0.6) is 5.75 Å². The van der Waals surface area contributed by atoms with Crippen molar-refractivity contribution in [3.63, 3.8) is 0 Å². The lowest BCUT2D eigenvalue weighted by Gasteiger charge is -2.34.